The molecular weight excluding hydrogens is 316 g/mol. The minimum Gasteiger partial charge on any atom is -0.392 e. The fourth-order valence-electron chi connectivity index (χ4n) is 2.99. The van der Waals surface area contributed by atoms with Crippen LogP contribution in [0.15, 0.2) is 0 Å². The van der Waals surface area contributed by atoms with Gasteiger partial charge in [0.05, 0.1) is 10.4 Å². The Morgan fingerprint density at radius 3 is 2.50 bits per heavy atom. The van der Waals surface area contributed by atoms with E-state index in [0.717, 1.165) is 18.6 Å². The summed E-state index contributed by atoms with van der Waals surface area (Å²) in [5, 5.41) is -0.749. The first-order valence-corrected chi connectivity index (χ1v) is 10.2. The standard InChI is InChI=1S/C12H20N2O3S3/c1-20(16,17)9-8-19-7-6-14(9)11(15)12(10(13)18)4-2-3-5-12/h9H,2-8H2,1H3,(H2,13,18). The Kier molecular flexibility index (Phi) is 4.66. The molecule has 1 heterocycles. The monoisotopic (exact) mass is 336 g/mol. The molecule has 114 valence electrons. The molecule has 5 nitrogen and oxygen atoms in total. The molecule has 0 bridgehead atoms. The van der Waals surface area contributed by atoms with Crippen molar-refractivity contribution in [2.24, 2.45) is 11.1 Å². The van der Waals surface area contributed by atoms with Crippen molar-refractivity contribution in [3.05, 3.63) is 0 Å². The van der Waals surface area contributed by atoms with Gasteiger partial charge in [0.1, 0.15) is 5.37 Å². The summed E-state index contributed by atoms with van der Waals surface area (Å²) in [6.45, 7) is 0.450. The van der Waals surface area contributed by atoms with Gasteiger partial charge >= 0.3 is 0 Å². The third kappa shape index (κ3) is 2.82. The Morgan fingerprint density at radius 2 is 2.00 bits per heavy atom. The second-order valence-corrected chi connectivity index (χ2v) is 9.30. The number of thiocarbonyl (C=S) groups is 1. The van der Waals surface area contributed by atoms with Crippen molar-refractivity contribution in [3.8, 4) is 0 Å². The van der Waals surface area contributed by atoms with Crippen LogP contribution in [0.3, 0.4) is 0 Å². The average molecular weight is 337 g/mol. The molecular formula is C12H20N2O3S3. The van der Waals surface area contributed by atoms with E-state index < -0.39 is 20.6 Å². The van der Waals surface area contributed by atoms with Crippen LogP contribution >= 0.6 is 24.0 Å². The molecule has 2 rings (SSSR count). The van der Waals surface area contributed by atoms with Gasteiger partial charge in [-0.3, -0.25) is 4.79 Å². The molecule has 8 heteroatoms. The van der Waals surface area contributed by atoms with Crippen molar-refractivity contribution in [1.29, 1.82) is 0 Å². The summed E-state index contributed by atoms with van der Waals surface area (Å²) in [4.78, 5) is 14.6. The van der Waals surface area contributed by atoms with E-state index >= 15 is 0 Å². The number of nitrogens with two attached hydrogens (primary N) is 1. The smallest absolute Gasteiger partial charge is 0.236 e. The van der Waals surface area contributed by atoms with E-state index in [1.807, 2.05) is 0 Å². The van der Waals surface area contributed by atoms with E-state index in [2.05, 4.69) is 0 Å². The second kappa shape index (κ2) is 5.81. The molecule has 1 saturated heterocycles. The van der Waals surface area contributed by atoms with Crippen molar-refractivity contribution < 1.29 is 13.2 Å². The number of nitrogens with zero attached hydrogens (tertiary/aromatic N) is 1. The first-order chi connectivity index (χ1) is 9.29. The van der Waals surface area contributed by atoms with Gasteiger partial charge in [0, 0.05) is 24.3 Å². The van der Waals surface area contributed by atoms with Crippen molar-refractivity contribution in [2.45, 2.75) is 31.1 Å². The second-order valence-electron chi connectivity index (χ2n) is 5.51. The number of thioether (sulfide) groups is 1. The summed E-state index contributed by atoms with van der Waals surface area (Å²) < 4.78 is 23.8. The van der Waals surface area contributed by atoms with Crippen LogP contribution in [-0.2, 0) is 14.6 Å². The van der Waals surface area contributed by atoms with Crippen molar-refractivity contribution in [3.63, 3.8) is 0 Å². The highest BCUT2D eigenvalue weighted by Crippen LogP contribution is 2.41. The van der Waals surface area contributed by atoms with Gasteiger partial charge in [-0.1, -0.05) is 25.1 Å². The Morgan fingerprint density at radius 1 is 1.40 bits per heavy atom. The molecule has 2 fully saturated rings. The Balaban J connectivity index is 2.32. The molecule has 20 heavy (non-hydrogen) atoms. The molecule has 1 amide bonds. The van der Waals surface area contributed by atoms with Gasteiger partial charge in [-0.15, -0.1) is 0 Å². The number of amides is 1. The third-order valence-electron chi connectivity index (χ3n) is 4.18. The van der Waals surface area contributed by atoms with Gasteiger partial charge in [0.15, 0.2) is 9.84 Å². The fourth-order valence-corrected chi connectivity index (χ4v) is 6.09. The van der Waals surface area contributed by atoms with Crippen LogP contribution in [0, 0.1) is 5.41 Å². The summed E-state index contributed by atoms with van der Waals surface area (Å²) in [5.74, 6) is 1.00. The zero-order valence-electron chi connectivity index (χ0n) is 11.5. The van der Waals surface area contributed by atoms with E-state index in [-0.39, 0.29) is 10.9 Å². The van der Waals surface area contributed by atoms with Crippen molar-refractivity contribution >= 4 is 44.7 Å². The van der Waals surface area contributed by atoms with Crippen molar-refractivity contribution in [1.82, 2.24) is 4.90 Å². The van der Waals surface area contributed by atoms with Crippen LogP contribution in [0.2, 0.25) is 0 Å². The minimum absolute atomic E-state index is 0.182. The number of carbonyl (C=O) groups excluding carboxylic acids is 1. The molecule has 1 saturated carbocycles. The van der Waals surface area contributed by atoms with E-state index in [4.69, 9.17) is 18.0 Å². The summed E-state index contributed by atoms with van der Waals surface area (Å²) in [7, 11) is -3.30. The zero-order valence-corrected chi connectivity index (χ0v) is 14.0. The van der Waals surface area contributed by atoms with E-state index in [0.29, 0.717) is 25.1 Å². The van der Waals surface area contributed by atoms with Crippen LogP contribution in [0.4, 0.5) is 0 Å². The predicted octanol–water partition coefficient (Wildman–Crippen LogP) is 0.779. The van der Waals surface area contributed by atoms with Crippen LogP contribution in [-0.4, -0.2) is 53.9 Å². The van der Waals surface area contributed by atoms with Crippen molar-refractivity contribution in [2.75, 3.05) is 24.3 Å². The molecule has 0 radical (unpaired) electrons. The molecule has 2 aliphatic rings. The van der Waals surface area contributed by atoms with E-state index in [9.17, 15) is 13.2 Å². The Bertz CT molecular complexity index is 512. The molecule has 0 spiro atoms. The normalized spacial score (nSPS) is 26.4. The molecule has 2 N–H and O–H groups in total. The first-order valence-electron chi connectivity index (χ1n) is 6.66. The summed E-state index contributed by atoms with van der Waals surface area (Å²) in [6, 6.07) is 0. The number of sulfone groups is 1. The number of hydrogen-bond donors (Lipinski definition) is 1. The highest BCUT2D eigenvalue weighted by molar-refractivity contribution is 8.00. The number of rotatable bonds is 3. The largest absolute Gasteiger partial charge is 0.392 e. The maximum absolute atomic E-state index is 12.9. The van der Waals surface area contributed by atoms with Gasteiger partial charge in [-0.25, -0.2) is 8.42 Å². The highest BCUT2D eigenvalue weighted by atomic mass is 32.2. The molecule has 1 unspecified atom stereocenters. The van der Waals surface area contributed by atoms with Gasteiger partial charge in [-0.2, -0.15) is 11.8 Å². The van der Waals surface area contributed by atoms with Crippen LogP contribution in [0.1, 0.15) is 25.7 Å². The lowest BCUT2D eigenvalue weighted by Gasteiger charge is -2.39. The minimum atomic E-state index is -3.30. The SMILES string of the molecule is CS(=O)(=O)C1CSCCN1C(=O)C1(C(N)=S)CCCC1. The molecule has 0 aromatic heterocycles. The Labute approximate surface area is 129 Å². The number of hydrogen-bond acceptors (Lipinski definition) is 5. The zero-order chi connectivity index (χ0) is 15.0. The van der Waals surface area contributed by atoms with Crippen LogP contribution in [0.25, 0.3) is 0 Å². The van der Waals surface area contributed by atoms with Gasteiger partial charge in [-0.05, 0) is 12.8 Å². The predicted molar refractivity (Wildman–Crippen MR) is 85.4 cm³/mol. The summed E-state index contributed by atoms with van der Waals surface area (Å²) in [5.41, 5.74) is 5.00. The average Bonchev–Trinajstić information content (AvgIpc) is 2.87. The van der Waals surface area contributed by atoms with Crippen LogP contribution in [0.5, 0.6) is 0 Å². The lowest BCUT2D eigenvalue weighted by Crippen LogP contribution is -2.57. The van der Waals surface area contributed by atoms with Gasteiger partial charge < -0.3 is 10.6 Å². The molecule has 1 aliphatic carbocycles. The van der Waals surface area contributed by atoms with Crippen LogP contribution < -0.4 is 5.73 Å². The van der Waals surface area contributed by atoms with E-state index in [1.54, 1.807) is 11.8 Å². The molecule has 1 aliphatic heterocycles. The van der Waals surface area contributed by atoms with E-state index in [1.165, 1.54) is 11.2 Å². The summed E-state index contributed by atoms with van der Waals surface area (Å²) >= 11 is 6.68. The topological polar surface area (TPSA) is 80.5 Å². The highest BCUT2D eigenvalue weighted by Gasteiger charge is 2.49. The third-order valence-corrected chi connectivity index (χ3v) is 7.21. The quantitative estimate of drug-likeness (QED) is 0.767. The maximum Gasteiger partial charge on any atom is 0.236 e. The van der Waals surface area contributed by atoms with Gasteiger partial charge in [0.25, 0.3) is 0 Å². The first kappa shape index (κ1) is 16.0. The Hall–Kier alpha value is -0.340. The molecule has 0 aromatic rings. The lowest BCUT2D eigenvalue weighted by atomic mass is 9.84. The summed E-state index contributed by atoms with van der Waals surface area (Å²) in [6.07, 6.45) is 4.29. The van der Waals surface area contributed by atoms with Gasteiger partial charge in [0.2, 0.25) is 5.91 Å². The lowest BCUT2D eigenvalue weighted by molar-refractivity contribution is -0.138. The molecule has 1 atom stereocenters. The fraction of sp³-hybridized carbons (Fsp3) is 0.833. The number of carbonyl (C=O) groups is 1. The molecule has 0 aromatic carbocycles. The maximum atomic E-state index is 12.9.